The van der Waals surface area contributed by atoms with E-state index in [1.54, 1.807) is 12.1 Å². The fraction of sp³-hybridized carbons (Fsp3) is 0.389. The van der Waals surface area contributed by atoms with Gasteiger partial charge in [0, 0.05) is 5.69 Å². The summed E-state index contributed by atoms with van der Waals surface area (Å²) in [5.41, 5.74) is 0.462. The molecule has 1 heterocycles. The molecule has 1 aromatic rings. The lowest BCUT2D eigenvalue weighted by Crippen LogP contribution is -2.38. The first kappa shape index (κ1) is 18.0. The topological polar surface area (TPSA) is 66.5 Å². The second kappa shape index (κ2) is 7.18. The molecule has 5 nitrogen and oxygen atoms in total. The van der Waals surface area contributed by atoms with E-state index in [-0.39, 0.29) is 36.1 Å². The third-order valence-electron chi connectivity index (χ3n) is 4.78. The molecule has 0 unspecified atom stereocenters. The monoisotopic (exact) mass is 380 g/mol. The maximum absolute atomic E-state index is 12.7. The van der Waals surface area contributed by atoms with Crippen molar-refractivity contribution in [3.05, 3.63) is 40.4 Å². The Labute approximate surface area is 156 Å². The molecule has 1 aromatic carbocycles. The van der Waals surface area contributed by atoms with Gasteiger partial charge in [-0.25, -0.2) is 0 Å². The van der Waals surface area contributed by atoms with Gasteiger partial charge in [0.25, 0.3) is 0 Å². The largest absolute Gasteiger partial charge is 0.324 e. The zero-order valence-electron chi connectivity index (χ0n) is 13.7. The number of hydrogen-bond donors (Lipinski definition) is 1. The fourth-order valence-corrected chi connectivity index (χ4v) is 3.83. The molecule has 1 aliphatic heterocycles. The van der Waals surface area contributed by atoms with E-state index in [9.17, 15) is 14.4 Å². The normalized spacial score (nSPS) is 25.2. The van der Waals surface area contributed by atoms with E-state index in [4.69, 9.17) is 23.2 Å². The second-order valence-electron chi connectivity index (χ2n) is 6.31. The standard InChI is InChI=1S/C18H18Cl2N2O3/c1-2-10-4-3-5-12-16(10)18(25)22(17(12)24)9-15(23)21-11-6-7-13(19)14(20)8-11/h3-4,6-8,10,12,16H,2,5,9H2,1H3,(H,21,23)/t10-,12+,16-/m1/s1. The molecule has 25 heavy (non-hydrogen) atoms. The number of halogens is 2. The average Bonchev–Trinajstić information content (AvgIpc) is 2.83. The van der Waals surface area contributed by atoms with Gasteiger partial charge in [0.05, 0.1) is 21.9 Å². The second-order valence-corrected chi connectivity index (χ2v) is 7.12. The van der Waals surface area contributed by atoms with Gasteiger partial charge in [-0.3, -0.25) is 19.3 Å². The number of rotatable bonds is 4. The maximum Gasteiger partial charge on any atom is 0.244 e. The van der Waals surface area contributed by atoms with Gasteiger partial charge in [-0.05, 0) is 37.0 Å². The first-order chi connectivity index (χ1) is 11.9. The van der Waals surface area contributed by atoms with Crippen LogP contribution in [0.1, 0.15) is 19.8 Å². The number of carbonyl (C=O) groups excluding carboxylic acids is 3. The van der Waals surface area contributed by atoms with Crippen LogP contribution in [-0.2, 0) is 14.4 Å². The highest BCUT2D eigenvalue weighted by atomic mass is 35.5. The Morgan fingerprint density at radius 1 is 1.24 bits per heavy atom. The van der Waals surface area contributed by atoms with E-state index in [1.807, 2.05) is 19.1 Å². The van der Waals surface area contributed by atoms with E-state index in [0.717, 1.165) is 11.3 Å². The molecular formula is C18H18Cl2N2O3. The summed E-state index contributed by atoms with van der Waals surface area (Å²) in [6.07, 6.45) is 5.31. The van der Waals surface area contributed by atoms with Gasteiger partial charge in [0.1, 0.15) is 6.54 Å². The van der Waals surface area contributed by atoms with Crippen molar-refractivity contribution < 1.29 is 14.4 Å². The minimum absolute atomic E-state index is 0.0540. The minimum atomic E-state index is -0.445. The summed E-state index contributed by atoms with van der Waals surface area (Å²) in [5.74, 6) is -1.60. The molecule has 1 aliphatic carbocycles. The summed E-state index contributed by atoms with van der Waals surface area (Å²) in [5, 5.41) is 3.34. The summed E-state index contributed by atoms with van der Waals surface area (Å²) < 4.78 is 0. The van der Waals surface area contributed by atoms with Gasteiger partial charge < -0.3 is 5.32 Å². The summed E-state index contributed by atoms with van der Waals surface area (Å²) in [4.78, 5) is 38.6. The molecule has 7 heteroatoms. The number of amides is 3. The van der Waals surface area contributed by atoms with Crippen molar-refractivity contribution in [1.29, 1.82) is 0 Å². The molecular weight excluding hydrogens is 363 g/mol. The van der Waals surface area contributed by atoms with Crippen LogP contribution in [0.3, 0.4) is 0 Å². The van der Waals surface area contributed by atoms with Crippen LogP contribution in [0.4, 0.5) is 5.69 Å². The van der Waals surface area contributed by atoms with Gasteiger partial charge in [-0.1, -0.05) is 42.3 Å². The van der Waals surface area contributed by atoms with E-state index < -0.39 is 5.91 Å². The molecule has 0 radical (unpaired) electrons. The molecule has 2 aliphatic rings. The van der Waals surface area contributed by atoms with E-state index in [0.29, 0.717) is 22.2 Å². The van der Waals surface area contributed by atoms with Crippen molar-refractivity contribution in [2.75, 3.05) is 11.9 Å². The van der Waals surface area contributed by atoms with Gasteiger partial charge in [-0.15, -0.1) is 0 Å². The van der Waals surface area contributed by atoms with Crippen LogP contribution in [0.2, 0.25) is 10.0 Å². The number of carbonyl (C=O) groups is 3. The number of imide groups is 1. The van der Waals surface area contributed by atoms with Crippen LogP contribution >= 0.6 is 23.2 Å². The van der Waals surface area contributed by atoms with Crippen molar-refractivity contribution in [2.24, 2.45) is 17.8 Å². The van der Waals surface area contributed by atoms with Crippen LogP contribution in [0.25, 0.3) is 0 Å². The quantitative estimate of drug-likeness (QED) is 0.641. The molecule has 0 bridgehead atoms. The number of allylic oxidation sites excluding steroid dienone is 2. The first-order valence-electron chi connectivity index (χ1n) is 8.19. The Balaban J connectivity index is 1.70. The SMILES string of the molecule is CC[C@@H]1C=CC[C@@H]2C(=O)N(CC(=O)Nc3ccc(Cl)c(Cl)c3)C(=O)[C@@H]21. The maximum atomic E-state index is 12.7. The van der Waals surface area contributed by atoms with Gasteiger partial charge >= 0.3 is 0 Å². The van der Waals surface area contributed by atoms with Crippen molar-refractivity contribution in [3.63, 3.8) is 0 Å². The summed E-state index contributed by atoms with van der Waals surface area (Å²) >= 11 is 11.8. The van der Waals surface area contributed by atoms with Crippen LogP contribution in [0.15, 0.2) is 30.4 Å². The van der Waals surface area contributed by atoms with Gasteiger partial charge in [0.2, 0.25) is 17.7 Å². The molecule has 1 fully saturated rings. The number of nitrogens with zero attached hydrogens (tertiary/aromatic N) is 1. The Morgan fingerprint density at radius 2 is 2.00 bits per heavy atom. The summed E-state index contributed by atoms with van der Waals surface area (Å²) in [6, 6.07) is 4.69. The molecule has 0 saturated carbocycles. The lowest BCUT2D eigenvalue weighted by molar-refractivity contribution is -0.142. The van der Waals surface area contributed by atoms with Crippen LogP contribution in [0, 0.1) is 17.8 Å². The molecule has 3 rings (SSSR count). The lowest BCUT2D eigenvalue weighted by Gasteiger charge is -2.24. The van der Waals surface area contributed by atoms with Crippen molar-refractivity contribution in [3.8, 4) is 0 Å². The molecule has 1 N–H and O–H groups in total. The first-order valence-corrected chi connectivity index (χ1v) is 8.94. The number of likely N-dealkylation sites (tertiary alicyclic amines) is 1. The fourth-order valence-electron chi connectivity index (χ4n) is 3.53. The third kappa shape index (κ3) is 3.44. The Morgan fingerprint density at radius 3 is 2.68 bits per heavy atom. The highest BCUT2D eigenvalue weighted by molar-refractivity contribution is 6.42. The zero-order chi connectivity index (χ0) is 18.1. The number of anilines is 1. The van der Waals surface area contributed by atoms with Crippen LogP contribution in [-0.4, -0.2) is 29.2 Å². The average molecular weight is 381 g/mol. The molecule has 0 aromatic heterocycles. The van der Waals surface area contributed by atoms with Gasteiger partial charge in [0.15, 0.2) is 0 Å². The predicted octanol–water partition coefficient (Wildman–Crippen LogP) is 3.52. The zero-order valence-corrected chi connectivity index (χ0v) is 15.2. The Hall–Kier alpha value is -1.85. The molecule has 1 saturated heterocycles. The highest BCUT2D eigenvalue weighted by Crippen LogP contribution is 2.39. The number of hydrogen-bond acceptors (Lipinski definition) is 3. The van der Waals surface area contributed by atoms with Crippen LogP contribution < -0.4 is 5.32 Å². The van der Waals surface area contributed by atoms with E-state index in [1.165, 1.54) is 6.07 Å². The van der Waals surface area contributed by atoms with Crippen molar-refractivity contribution in [1.82, 2.24) is 4.90 Å². The third-order valence-corrected chi connectivity index (χ3v) is 5.52. The Kier molecular flexibility index (Phi) is 5.16. The van der Waals surface area contributed by atoms with Crippen molar-refractivity contribution in [2.45, 2.75) is 19.8 Å². The minimum Gasteiger partial charge on any atom is -0.324 e. The lowest BCUT2D eigenvalue weighted by atomic mass is 9.76. The molecule has 3 atom stereocenters. The number of nitrogens with one attached hydrogen (secondary N) is 1. The van der Waals surface area contributed by atoms with Gasteiger partial charge in [-0.2, -0.15) is 0 Å². The summed E-state index contributed by atoms with van der Waals surface area (Å²) in [7, 11) is 0. The number of benzene rings is 1. The number of fused-ring (bicyclic) bond motifs is 1. The van der Waals surface area contributed by atoms with Crippen LogP contribution in [0.5, 0.6) is 0 Å². The molecule has 132 valence electrons. The van der Waals surface area contributed by atoms with E-state index in [2.05, 4.69) is 5.32 Å². The van der Waals surface area contributed by atoms with E-state index >= 15 is 0 Å². The molecule has 3 amide bonds. The molecule has 0 spiro atoms. The predicted molar refractivity (Wildman–Crippen MR) is 96.3 cm³/mol. The Bertz CT molecular complexity index is 763. The highest BCUT2D eigenvalue weighted by Gasteiger charge is 2.50. The van der Waals surface area contributed by atoms with Crippen molar-refractivity contribution >= 4 is 46.6 Å². The smallest absolute Gasteiger partial charge is 0.244 e. The summed E-state index contributed by atoms with van der Waals surface area (Å²) in [6.45, 7) is 1.70.